The fourth-order valence-corrected chi connectivity index (χ4v) is 1.95. The molecule has 0 radical (unpaired) electrons. The van der Waals surface area contributed by atoms with Crippen molar-refractivity contribution < 1.29 is 9.53 Å². The molecular formula is C18H20N2O2. The van der Waals surface area contributed by atoms with Gasteiger partial charge in [-0.15, -0.1) is 0 Å². The number of rotatable bonds is 5. The van der Waals surface area contributed by atoms with E-state index in [1.165, 1.54) is 5.56 Å². The summed E-state index contributed by atoms with van der Waals surface area (Å²) in [6, 6.07) is 15.2. The second-order valence-electron chi connectivity index (χ2n) is 4.96. The molecule has 114 valence electrons. The minimum absolute atomic E-state index is 0.265. The number of nitrogens with zero attached hydrogens (tertiary/aromatic N) is 1. The Bertz CT molecular complexity index is 679. The zero-order valence-corrected chi connectivity index (χ0v) is 13.1. The highest BCUT2D eigenvalue weighted by Crippen LogP contribution is 2.14. The van der Waals surface area contributed by atoms with E-state index in [2.05, 4.69) is 17.5 Å². The lowest BCUT2D eigenvalue weighted by Crippen LogP contribution is -2.20. The van der Waals surface area contributed by atoms with Crippen molar-refractivity contribution >= 4 is 17.4 Å². The number of nitrogens with one attached hydrogen (secondary N) is 1. The molecule has 0 spiro atoms. The smallest absolute Gasteiger partial charge is 0.359 e. The molecular weight excluding hydrogens is 276 g/mol. The Balaban J connectivity index is 2.28. The lowest BCUT2D eigenvalue weighted by Gasteiger charge is -2.08. The number of hydrogen-bond donors (Lipinski definition) is 1. The van der Waals surface area contributed by atoms with Gasteiger partial charge in [-0.3, -0.25) is 5.43 Å². The highest BCUT2D eigenvalue weighted by Gasteiger charge is 2.15. The molecule has 0 aliphatic heterocycles. The monoisotopic (exact) mass is 296 g/mol. The van der Waals surface area contributed by atoms with Gasteiger partial charge in [-0.05, 0) is 44.0 Å². The van der Waals surface area contributed by atoms with Gasteiger partial charge in [-0.25, -0.2) is 4.79 Å². The predicted octanol–water partition coefficient (Wildman–Crippen LogP) is 3.68. The fraction of sp³-hybridized carbons (Fsp3) is 0.222. The van der Waals surface area contributed by atoms with E-state index in [1.807, 2.05) is 55.5 Å². The largest absolute Gasteiger partial charge is 0.461 e. The SMILES string of the molecule is CCOC(=O)/C(=N\Nc1ccc(C)c(C)c1)c1ccccc1. The summed E-state index contributed by atoms with van der Waals surface area (Å²) >= 11 is 0. The van der Waals surface area contributed by atoms with Crippen LogP contribution in [0, 0.1) is 13.8 Å². The van der Waals surface area contributed by atoms with E-state index in [-0.39, 0.29) is 5.71 Å². The number of carbonyl (C=O) groups excluding carboxylic acids is 1. The molecule has 0 unspecified atom stereocenters. The molecule has 4 heteroatoms. The molecule has 0 aromatic heterocycles. The van der Waals surface area contributed by atoms with Gasteiger partial charge in [0, 0.05) is 5.56 Å². The molecule has 0 saturated heterocycles. The van der Waals surface area contributed by atoms with Gasteiger partial charge in [0.15, 0.2) is 5.71 Å². The lowest BCUT2D eigenvalue weighted by molar-refractivity contribution is -0.134. The van der Waals surface area contributed by atoms with Gasteiger partial charge in [0.1, 0.15) is 0 Å². The second-order valence-corrected chi connectivity index (χ2v) is 4.96. The van der Waals surface area contributed by atoms with E-state index < -0.39 is 5.97 Å². The standard InChI is InChI=1S/C18H20N2O2/c1-4-22-18(21)17(15-8-6-5-7-9-15)20-19-16-11-10-13(2)14(3)12-16/h5-12,19H,4H2,1-3H3/b20-17-. The summed E-state index contributed by atoms with van der Waals surface area (Å²) in [5.41, 5.74) is 7.13. The van der Waals surface area contributed by atoms with Crippen LogP contribution in [0.2, 0.25) is 0 Å². The van der Waals surface area contributed by atoms with E-state index in [1.54, 1.807) is 6.92 Å². The van der Waals surface area contributed by atoms with Crippen molar-refractivity contribution in [3.8, 4) is 0 Å². The van der Waals surface area contributed by atoms with Crippen LogP contribution in [0.5, 0.6) is 0 Å². The van der Waals surface area contributed by atoms with Gasteiger partial charge in [-0.2, -0.15) is 5.10 Å². The summed E-state index contributed by atoms with van der Waals surface area (Å²) in [5.74, 6) is -0.440. The first-order chi connectivity index (χ1) is 10.6. The number of hydrogen-bond acceptors (Lipinski definition) is 4. The van der Waals surface area contributed by atoms with Crippen molar-refractivity contribution in [1.29, 1.82) is 0 Å². The molecule has 0 saturated carbocycles. The Morgan fingerprint density at radius 1 is 1.09 bits per heavy atom. The van der Waals surface area contributed by atoms with Gasteiger partial charge in [-0.1, -0.05) is 36.4 Å². The van der Waals surface area contributed by atoms with Crippen molar-refractivity contribution in [1.82, 2.24) is 0 Å². The number of esters is 1. The molecule has 0 atom stereocenters. The number of ether oxygens (including phenoxy) is 1. The zero-order valence-electron chi connectivity index (χ0n) is 13.1. The third-order valence-corrected chi connectivity index (χ3v) is 3.32. The van der Waals surface area contributed by atoms with Crippen LogP contribution in [0.15, 0.2) is 53.6 Å². The second kappa shape index (κ2) is 7.41. The summed E-state index contributed by atoms with van der Waals surface area (Å²) in [4.78, 5) is 12.1. The molecule has 0 aliphatic carbocycles. The molecule has 2 rings (SSSR count). The summed E-state index contributed by atoms with van der Waals surface area (Å²) in [5, 5.41) is 4.25. The Kier molecular flexibility index (Phi) is 5.31. The molecule has 0 heterocycles. The van der Waals surface area contributed by atoms with Crippen molar-refractivity contribution in [2.75, 3.05) is 12.0 Å². The fourth-order valence-electron chi connectivity index (χ4n) is 1.95. The Morgan fingerprint density at radius 2 is 1.82 bits per heavy atom. The van der Waals surface area contributed by atoms with Crippen LogP contribution in [0.3, 0.4) is 0 Å². The first-order valence-corrected chi connectivity index (χ1v) is 7.25. The third kappa shape index (κ3) is 3.95. The molecule has 2 aromatic carbocycles. The maximum absolute atomic E-state index is 12.1. The molecule has 1 N–H and O–H groups in total. The topological polar surface area (TPSA) is 50.7 Å². The van der Waals surface area contributed by atoms with E-state index >= 15 is 0 Å². The summed E-state index contributed by atoms with van der Waals surface area (Å²) < 4.78 is 5.08. The maximum Gasteiger partial charge on any atom is 0.359 e. The third-order valence-electron chi connectivity index (χ3n) is 3.32. The predicted molar refractivity (Wildman–Crippen MR) is 89.2 cm³/mol. The quantitative estimate of drug-likeness (QED) is 0.520. The average Bonchev–Trinajstić information content (AvgIpc) is 2.52. The first-order valence-electron chi connectivity index (χ1n) is 7.25. The van der Waals surface area contributed by atoms with Gasteiger partial charge in [0.25, 0.3) is 0 Å². The van der Waals surface area contributed by atoms with Crippen molar-refractivity contribution in [3.63, 3.8) is 0 Å². The van der Waals surface area contributed by atoms with Crippen molar-refractivity contribution in [2.24, 2.45) is 5.10 Å². The maximum atomic E-state index is 12.1. The summed E-state index contributed by atoms with van der Waals surface area (Å²) in [6.45, 7) is 6.18. The summed E-state index contributed by atoms with van der Waals surface area (Å²) in [6.07, 6.45) is 0. The van der Waals surface area contributed by atoms with Gasteiger partial charge in [0.05, 0.1) is 12.3 Å². The molecule has 0 aliphatic rings. The summed E-state index contributed by atoms with van der Waals surface area (Å²) in [7, 11) is 0. The number of anilines is 1. The van der Waals surface area contributed by atoms with E-state index in [9.17, 15) is 4.79 Å². The molecule has 0 bridgehead atoms. The van der Waals surface area contributed by atoms with Crippen LogP contribution in [0.1, 0.15) is 23.6 Å². The average molecular weight is 296 g/mol. The lowest BCUT2D eigenvalue weighted by atomic mass is 10.1. The van der Waals surface area contributed by atoms with Crippen molar-refractivity contribution in [3.05, 3.63) is 65.2 Å². The van der Waals surface area contributed by atoms with Gasteiger partial charge in [0.2, 0.25) is 0 Å². The van der Waals surface area contributed by atoms with Crippen LogP contribution in [0.25, 0.3) is 0 Å². The van der Waals surface area contributed by atoms with E-state index in [0.29, 0.717) is 6.61 Å². The number of aryl methyl sites for hydroxylation is 2. The van der Waals surface area contributed by atoms with Gasteiger partial charge >= 0.3 is 5.97 Å². The van der Waals surface area contributed by atoms with E-state index in [4.69, 9.17) is 4.74 Å². The molecule has 0 fully saturated rings. The van der Waals surface area contributed by atoms with Gasteiger partial charge < -0.3 is 4.74 Å². The molecule has 2 aromatic rings. The Hall–Kier alpha value is -2.62. The number of benzene rings is 2. The van der Waals surface area contributed by atoms with Crippen LogP contribution < -0.4 is 5.43 Å². The molecule has 0 amide bonds. The first kappa shape index (κ1) is 15.8. The zero-order chi connectivity index (χ0) is 15.9. The minimum Gasteiger partial charge on any atom is -0.461 e. The van der Waals surface area contributed by atoms with Crippen LogP contribution in [-0.4, -0.2) is 18.3 Å². The molecule has 22 heavy (non-hydrogen) atoms. The van der Waals surface area contributed by atoms with Crippen molar-refractivity contribution in [2.45, 2.75) is 20.8 Å². The van der Waals surface area contributed by atoms with E-state index in [0.717, 1.165) is 16.8 Å². The highest BCUT2D eigenvalue weighted by molar-refractivity contribution is 6.43. The van der Waals surface area contributed by atoms with Crippen LogP contribution in [-0.2, 0) is 9.53 Å². The Morgan fingerprint density at radius 3 is 2.45 bits per heavy atom. The highest BCUT2D eigenvalue weighted by atomic mass is 16.5. The Labute approximate surface area is 130 Å². The number of carbonyl (C=O) groups is 1. The normalized spacial score (nSPS) is 11.1. The van der Waals surface area contributed by atoms with Crippen LogP contribution >= 0.6 is 0 Å². The number of hydrazone groups is 1. The minimum atomic E-state index is -0.440. The van der Waals surface area contributed by atoms with Crippen LogP contribution in [0.4, 0.5) is 5.69 Å². The molecule has 4 nitrogen and oxygen atoms in total.